The molecule has 0 spiro atoms. The minimum atomic E-state index is -0.952. The number of ether oxygens (including phenoxy) is 2. The van der Waals surface area contributed by atoms with Crippen molar-refractivity contribution in [3.63, 3.8) is 0 Å². The van der Waals surface area contributed by atoms with E-state index in [-0.39, 0.29) is 12.8 Å². The zero-order valence-corrected chi connectivity index (χ0v) is 12.3. The molecule has 0 aromatic heterocycles. The molecule has 116 valence electrons. The highest BCUT2D eigenvalue weighted by Crippen LogP contribution is 2.06. The molecule has 22 heavy (non-hydrogen) atoms. The number of carbonyl (C=O) groups excluding carboxylic acids is 3. The van der Waals surface area contributed by atoms with Gasteiger partial charge in [-0.3, -0.25) is 9.59 Å². The average molecular weight is 304 g/mol. The van der Waals surface area contributed by atoms with Gasteiger partial charge in [-0.1, -0.05) is 0 Å². The second-order valence-corrected chi connectivity index (χ2v) is 4.35. The van der Waals surface area contributed by atoms with E-state index in [9.17, 15) is 14.4 Å². The third-order valence-electron chi connectivity index (χ3n) is 2.93. The first-order chi connectivity index (χ1) is 10.5. The number of esters is 2. The van der Waals surface area contributed by atoms with E-state index in [2.05, 4.69) is 14.8 Å². The van der Waals surface area contributed by atoms with Crippen molar-refractivity contribution in [3.8, 4) is 6.07 Å². The molecular weight excluding hydrogens is 288 g/mol. The highest BCUT2D eigenvalue weighted by atomic mass is 16.5. The fraction of sp³-hybridized carbons (Fsp3) is 0.333. The van der Waals surface area contributed by atoms with Crippen molar-refractivity contribution in [1.82, 2.24) is 5.32 Å². The quantitative estimate of drug-likeness (QED) is 0.779. The van der Waals surface area contributed by atoms with Crippen LogP contribution in [0.1, 0.15) is 28.8 Å². The molecule has 1 aromatic carbocycles. The highest BCUT2D eigenvalue weighted by Gasteiger charge is 2.23. The first kappa shape index (κ1) is 17.2. The van der Waals surface area contributed by atoms with Gasteiger partial charge in [0.1, 0.15) is 6.04 Å². The van der Waals surface area contributed by atoms with E-state index < -0.39 is 23.9 Å². The highest BCUT2D eigenvalue weighted by molar-refractivity contribution is 5.96. The summed E-state index contributed by atoms with van der Waals surface area (Å²) in [5.74, 6) is -1.63. The maximum atomic E-state index is 12.1. The number of hydrogen-bond acceptors (Lipinski definition) is 6. The molecule has 0 radical (unpaired) electrons. The van der Waals surface area contributed by atoms with Crippen LogP contribution < -0.4 is 5.32 Å². The summed E-state index contributed by atoms with van der Waals surface area (Å²) >= 11 is 0. The molecule has 1 N–H and O–H groups in total. The fourth-order valence-electron chi connectivity index (χ4n) is 1.69. The second kappa shape index (κ2) is 8.42. The molecule has 7 nitrogen and oxygen atoms in total. The first-order valence-electron chi connectivity index (χ1n) is 6.47. The molecule has 0 saturated heterocycles. The molecule has 0 bridgehead atoms. The van der Waals surface area contributed by atoms with E-state index in [0.29, 0.717) is 11.1 Å². The Hall–Kier alpha value is -2.88. The van der Waals surface area contributed by atoms with Gasteiger partial charge in [0.25, 0.3) is 5.91 Å². The number of amides is 1. The smallest absolute Gasteiger partial charge is 0.328 e. The summed E-state index contributed by atoms with van der Waals surface area (Å²) in [4.78, 5) is 34.9. The third-order valence-corrected chi connectivity index (χ3v) is 2.93. The fourth-order valence-corrected chi connectivity index (χ4v) is 1.69. The van der Waals surface area contributed by atoms with E-state index in [1.165, 1.54) is 38.5 Å². The normalized spacial score (nSPS) is 11.0. The molecule has 1 rings (SSSR count). The van der Waals surface area contributed by atoms with E-state index >= 15 is 0 Å². The lowest BCUT2D eigenvalue weighted by Gasteiger charge is -2.16. The van der Waals surface area contributed by atoms with Gasteiger partial charge in [-0.05, 0) is 30.7 Å². The van der Waals surface area contributed by atoms with Crippen LogP contribution in [-0.2, 0) is 19.1 Å². The van der Waals surface area contributed by atoms with E-state index in [0.717, 1.165) is 0 Å². The second-order valence-electron chi connectivity index (χ2n) is 4.35. The molecule has 0 heterocycles. The zero-order valence-electron chi connectivity index (χ0n) is 12.3. The Kier molecular flexibility index (Phi) is 6.57. The van der Waals surface area contributed by atoms with Crippen LogP contribution in [0.2, 0.25) is 0 Å². The van der Waals surface area contributed by atoms with Crippen molar-refractivity contribution in [2.24, 2.45) is 0 Å². The largest absolute Gasteiger partial charge is 0.469 e. The van der Waals surface area contributed by atoms with Gasteiger partial charge in [-0.15, -0.1) is 0 Å². The molecule has 1 atom stereocenters. The number of methoxy groups -OCH3 is 2. The summed E-state index contributed by atoms with van der Waals surface area (Å²) < 4.78 is 9.10. The first-order valence-corrected chi connectivity index (χ1v) is 6.47. The van der Waals surface area contributed by atoms with Crippen molar-refractivity contribution < 1.29 is 23.9 Å². The van der Waals surface area contributed by atoms with Crippen molar-refractivity contribution in [2.45, 2.75) is 18.9 Å². The number of rotatable bonds is 6. The lowest BCUT2D eigenvalue weighted by atomic mass is 10.1. The van der Waals surface area contributed by atoms with Crippen molar-refractivity contribution in [2.75, 3.05) is 14.2 Å². The minimum absolute atomic E-state index is 0.0239. The molecule has 0 aliphatic heterocycles. The molecule has 0 unspecified atom stereocenters. The summed E-state index contributed by atoms with van der Waals surface area (Å²) in [6.45, 7) is 0. The third kappa shape index (κ3) is 4.90. The number of carbonyl (C=O) groups is 3. The summed E-state index contributed by atoms with van der Waals surface area (Å²) in [5, 5.41) is 11.2. The zero-order chi connectivity index (χ0) is 16.5. The van der Waals surface area contributed by atoms with Crippen LogP contribution in [0.3, 0.4) is 0 Å². The standard InChI is InChI=1S/C15H16N2O5/c1-21-13(18)8-7-12(15(20)22-2)17-14(19)11-5-3-10(9-16)4-6-11/h3-6,12H,7-8H2,1-2H3,(H,17,19)/t12-/m1/s1. The molecule has 7 heteroatoms. The molecule has 0 aliphatic carbocycles. The summed E-state index contributed by atoms with van der Waals surface area (Å²) in [7, 11) is 2.44. The van der Waals surface area contributed by atoms with E-state index in [1.807, 2.05) is 6.07 Å². The SMILES string of the molecule is COC(=O)CC[C@@H](NC(=O)c1ccc(C#N)cc1)C(=O)OC. The lowest BCUT2D eigenvalue weighted by Crippen LogP contribution is -2.41. The number of nitrogens with zero attached hydrogens (tertiary/aromatic N) is 1. The molecule has 0 aliphatic rings. The lowest BCUT2D eigenvalue weighted by molar-refractivity contribution is -0.144. The number of hydrogen-bond donors (Lipinski definition) is 1. The molecule has 1 amide bonds. The topological polar surface area (TPSA) is 105 Å². The number of nitrogens with one attached hydrogen (secondary N) is 1. The van der Waals surface area contributed by atoms with Gasteiger partial charge in [0.2, 0.25) is 0 Å². The minimum Gasteiger partial charge on any atom is -0.469 e. The molecule has 1 aromatic rings. The van der Waals surface area contributed by atoms with Crippen LogP contribution in [0.4, 0.5) is 0 Å². The maximum absolute atomic E-state index is 12.1. The molecular formula is C15H16N2O5. The van der Waals surface area contributed by atoms with Crippen LogP contribution >= 0.6 is 0 Å². The Morgan fingerprint density at radius 3 is 2.32 bits per heavy atom. The van der Waals surface area contributed by atoms with Crippen LogP contribution in [0.5, 0.6) is 0 Å². The van der Waals surface area contributed by atoms with Gasteiger partial charge >= 0.3 is 11.9 Å². The summed E-state index contributed by atoms with van der Waals surface area (Å²) in [6, 6.07) is 6.93. The Morgan fingerprint density at radius 2 is 1.82 bits per heavy atom. The van der Waals surface area contributed by atoms with Crippen LogP contribution in [0, 0.1) is 11.3 Å². The maximum Gasteiger partial charge on any atom is 0.328 e. The molecule has 0 fully saturated rings. The van der Waals surface area contributed by atoms with Crippen molar-refractivity contribution >= 4 is 17.8 Å². The Labute approximate surface area is 127 Å². The van der Waals surface area contributed by atoms with Gasteiger partial charge < -0.3 is 14.8 Å². The summed E-state index contributed by atoms with van der Waals surface area (Å²) in [6.07, 6.45) is 0.0469. The van der Waals surface area contributed by atoms with Crippen molar-refractivity contribution in [3.05, 3.63) is 35.4 Å². The van der Waals surface area contributed by atoms with Gasteiger partial charge in [0.05, 0.1) is 25.9 Å². The van der Waals surface area contributed by atoms with Crippen molar-refractivity contribution in [1.29, 1.82) is 5.26 Å². The van der Waals surface area contributed by atoms with Crippen LogP contribution in [-0.4, -0.2) is 38.1 Å². The van der Waals surface area contributed by atoms with Crippen LogP contribution in [0.15, 0.2) is 24.3 Å². The van der Waals surface area contributed by atoms with E-state index in [4.69, 9.17) is 5.26 Å². The van der Waals surface area contributed by atoms with Gasteiger partial charge in [0, 0.05) is 12.0 Å². The van der Waals surface area contributed by atoms with Gasteiger partial charge in [-0.25, -0.2) is 4.79 Å². The number of nitriles is 1. The van der Waals surface area contributed by atoms with Gasteiger partial charge in [0.15, 0.2) is 0 Å². The van der Waals surface area contributed by atoms with E-state index in [1.54, 1.807) is 0 Å². The predicted molar refractivity (Wildman–Crippen MR) is 75.7 cm³/mol. The van der Waals surface area contributed by atoms with Crippen LogP contribution in [0.25, 0.3) is 0 Å². The average Bonchev–Trinajstić information content (AvgIpc) is 2.57. The predicted octanol–water partition coefficient (Wildman–Crippen LogP) is 0.783. The Morgan fingerprint density at radius 1 is 1.18 bits per heavy atom. The van der Waals surface area contributed by atoms with Gasteiger partial charge in [-0.2, -0.15) is 5.26 Å². The monoisotopic (exact) mass is 304 g/mol. The molecule has 0 saturated carbocycles. The summed E-state index contributed by atoms with van der Waals surface area (Å²) in [5.41, 5.74) is 0.720. The Balaban J connectivity index is 2.75. The number of benzene rings is 1. The Bertz CT molecular complexity index is 589.